The Kier molecular flexibility index (Phi) is 2.54. The fourth-order valence-electron chi connectivity index (χ4n) is 1.95. The van der Waals surface area contributed by atoms with Crippen LogP contribution in [0, 0.1) is 0 Å². The van der Waals surface area contributed by atoms with Gasteiger partial charge in [-0.1, -0.05) is 12.1 Å². The van der Waals surface area contributed by atoms with Crippen LogP contribution in [0.3, 0.4) is 0 Å². The third-order valence-corrected chi connectivity index (χ3v) is 3.09. The van der Waals surface area contributed by atoms with Gasteiger partial charge in [-0.05, 0) is 26.2 Å². The van der Waals surface area contributed by atoms with E-state index in [2.05, 4.69) is 24.2 Å². The van der Waals surface area contributed by atoms with Gasteiger partial charge >= 0.3 is 0 Å². The molecule has 1 aliphatic carbocycles. The van der Waals surface area contributed by atoms with Crippen LogP contribution in [-0.2, 0) is 12.8 Å². The van der Waals surface area contributed by atoms with Crippen molar-refractivity contribution < 1.29 is 0 Å². The van der Waals surface area contributed by atoms with Gasteiger partial charge in [-0.3, -0.25) is 0 Å². The molecule has 2 N–H and O–H groups in total. The topological polar surface area (TPSA) is 56.7 Å². The summed E-state index contributed by atoms with van der Waals surface area (Å²) >= 11 is 0. The molecular formula is C10H18N4. The van der Waals surface area contributed by atoms with E-state index >= 15 is 0 Å². The van der Waals surface area contributed by atoms with E-state index in [1.54, 1.807) is 0 Å². The number of aryl methyl sites for hydroxylation is 1. The highest BCUT2D eigenvalue weighted by Crippen LogP contribution is 2.21. The summed E-state index contributed by atoms with van der Waals surface area (Å²) in [5.74, 6) is 0. The van der Waals surface area contributed by atoms with Crippen molar-refractivity contribution in [2.24, 2.45) is 5.73 Å². The van der Waals surface area contributed by atoms with Crippen molar-refractivity contribution in [3.63, 3.8) is 0 Å². The summed E-state index contributed by atoms with van der Waals surface area (Å²) in [6, 6.07) is 0.736. The zero-order valence-electron chi connectivity index (χ0n) is 8.90. The summed E-state index contributed by atoms with van der Waals surface area (Å²) in [4.78, 5) is 0. The third kappa shape index (κ3) is 1.54. The first-order chi connectivity index (χ1) is 6.72. The number of nitrogens with zero attached hydrogens (tertiary/aromatic N) is 3. The van der Waals surface area contributed by atoms with Gasteiger partial charge in [0.25, 0.3) is 0 Å². The lowest BCUT2D eigenvalue weighted by Crippen LogP contribution is -2.29. The van der Waals surface area contributed by atoms with Crippen molar-refractivity contribution in [1.82, 2.24) is 15.0 Å². The summed E-state index contributed by atoms with van der Waals surface area (Å²) in [6.07, 6.45) is 4.07. The van der Waals surface area contributed by atoms with E-state index in [1.807, 2.05) is 4.68 Å². The second-order valence-corrected chi connectivity index (χ2v) is 4.19. The molecule has 0 bridgehead atoms. The van der Waals surface area contributed by atoms with E-state index in [0.29, 0.717) is 12.1 Å². The molecule has 1 aromatic rings. The molecule has 0 spiro atoms. The molecule has 0 fully saturated rings. The second-order valence-electron chi connectivity index (χ2n) is 4.19. The summed E-state index contributed by atoms with van der Waals surface area (Å²) < 4.78 is 2.05. The van der Waals surface area contributed by atoms with E-state index < -0.39 is 0 Å². The quantitative estimate of drug-likeness (QED) is 0.766. The lowest BCUT2D eigenvalue weighted by molar-refractivity contribution is 0.435. The average Bonchev–Trinajstić information content (AvgIpc) is 2.59. The molecule has 0 saturated heterocycles. The SMILES string of the molecule is CC[C@H](C)n1nnc2c1C[C@H](N)CC2. The van der Waals surface area contributed by atoms with Crippen LogP contribution in [0.15, 0.2) is 0 Å². The fraction of sp³-hybridized carbons (Fsp3) is 0.800. The van der Waals surface area contributed by atoms with Gasteiger partial charge in [-0.15, -0.1) is 5.10 Å². The van der Waals surface area contributed by atoms with Crippen molar-refractivity contribution >= 4 is 0 Å². The summed E-state index contributed by atoms with van der Waals surface area (Å²) in [5, 5.41) is 8.43. The molecule has 1 aliphatic rings. The van der Waals surface area contributed by atoms with Crippen molar-refractivity contribution in [3.8, 4) is 0 Å². The van der Waals surface area contributed by atoms with Gasteiger partial charge in [0.05, 0.1) is 17.4 Å². The molecule has 4 heteroatoms. The van der Waals surface area contributed by atoms with E-state index in [-0.39, 0.29) is 0 Å². The molecule has 0 radical (unpaired) electrons. The molecule has 14 heavy (non-hydrogen) atoms. The van der Waals surface area contributed by atoms with Gasteiger partial charge in [0.2, 0.25) is 0 Å². The molecule has 4 nitrogen and oxygen atoms in total. The minimum Gasteiger partial charge on any atom is -0.327 e. The smallest absolute Gasteiger partial charge is 0.0860 e. The zero-order valence-corrected chi connectivity index (χ0v) is 8.90. The Morgan fingerprint density at radius 1 is 1.64 bits per heavy atom. The lowest BCUT2D eigenvalue weighted by atomic mass is 9.96. The minimum atomic E-state index is 0.295. The first-order valence-corrected chi connectivity index (χ1v) is 5.41. The Balaban J connectivity index is 2.30. The van der Waals surface area contributed by atoms with Crippen LogP contribution in [0.25, 0.3) is 0 Å². The molecule has 1 aromatic heterocycles. The van der Waals surface area contributed by atoms with Crippen LogP contribution < -0.4 is 5.73 Å². The van der Waals surface area contributed by atoms with Gasteiger partial charge < -0.3 is 5.73 Å². The van der Waals surface area contributed by atoms with Crippen molar-refractivity contribution in [2.45, 2.75) is 51.6 Å². The maximum absolute atomic E-state index is 5.95. The van der Waals surface area contributed by atoms with Crippen LogP contribution in [0.4, 0.5) is 0 Å². The summed E-state index contributed by atoms with van der Waals surface area (Å²) in [7, 11) is 0. The van der Waals surface area contributed by atoms with E-state index in [0.717, 1.165) is 31.4 Å². The molecule has 0 saturated carbocycles. The highest BCUT2D eigenvalue weighted by Gasteiger charge is 2.22. The van der Waals surface area contributed by atoms with Gasteiger partial charge in [0.1, 0.15) is 0 Å². The highest BCUT2D eigenvalue weighted by atomic mass is 15.4. The molecule has 0 aliphatic heterocycles. The number of fused-ring (bicyclic) bond motifs is 1. The van der Waals surface area contributed by atoms with E-state index in [1.165, 1.54) is 5.69 Å². The highest BCUT2D eigenvalue weighted by molar-refractivity contribution is 5.16. The largest absolute Gasteiger partial charge is 0.327 e. The van der Waals surface area contributed by atoms with Crippen LogP contribution in [0.1, 0.15) is 44.1 Å². The first kappa shape index (κ1) is 9.65. The predicted molar refractivity (Wildman–Crippen MR) is 55.0 cm³/mol. The van der Waals surface area contributed by atoms with Crippen molar-refractivity contribution in [3.05, 3.63) is 11.4 Å². The van der Waals surface area contributed by atoms with Crippen LogP contribution in [0.2, 0.25) is 0 Å². The van der Waals surface area contributed by atoms with Gasteiger partial charge in [-0.25, -0.2) is 4.68 Å². The van der Waals surface area contributed by atoms with Gasteiger partial charge in [0, 0.05) is 12.5 Å². The second kappa shape index (κ2) is 3.69. The standard InChI is InChI=1S/C10H18N4/c1-3-7(2)14-10-6-8(11)4-5-9(10)12-13-14/h7-8H,3-6,11H2,1-2H3/t7-,8+/m0/s1. The fourth-order valence-corrected chi connectivity index (χ4v) is 1.95. The van der Waals surface area contributed by atoms with Gasteiger partial charge in [-0.2, -0.15) is 0 Å². The van der Waals surface area contributed by atoms with Crippen LogP contribution in [-0.4, -0.2) is 21.0 Å². The number of aromatic nitrogens is 3. The van der Waals surface area contributed by atoms with Gasteiger partial charge in [0.15, 0.2) is 0 Å². The van der Waals surface area contributed by atoms with E-state index in [4.69, 9.17) is 5.73 Å². The number of rotatable bonds is 2. The molecule has 2 rings (SSSR count). The van der Waals surface area contributed by atoms with Crippen molar-refractivity contribution in [2.75, 3.05) is 0 Å². The van der Waals surface area contributed by atoms with Crippen molar-refractivity contribution in [1.29, 1.82) is 0 Å². The summed E-state index contributed by atoms with van der Waals surface area (Å²) in [5.41, 5.74) is 8.37. The number of hydrogen-bond donors (Lipinski definition) is 1. The summed E-state index contributed by atoms with van der Waals surface area (Å²) in [6.45, 7) is 4.34. The first-order valence-electron chi connectivity index (χ1n) is 5.41. The molecule has 2 atom stereocenters. The Morgan fingerprint density at radius 2 is 2.43 bits per heavy atom. The number of hydrogen-bond acceptors (Lipinski definition) is 3. The molecule has 78 valence electrons. The Labute approximate surface area is 84.5 Å². The minimum absolute atomic E-state index is 0.295. The molecule has 0 unspecified atom stereocenters. The number of nitrogens with two attached hydrogens (primary N) is 1. The maximum Gasteiger partial charge on any atom is 0.0860 e. The Bertz CT molecular complexity index is 318. The maximum atomic E-state index is 5.95. The normalized spacial score (nSPS) is 23.2. The molecular weight excluding hydrogens is 176 g/mol. The lowest BCUT2D eigenvalue weighted by Gasteiger charge is -2.20. The Hall–Kier alpha value is -0.900. The average molecular weight is 194 g/mol. The predicted octanol–water partition coefficient (Wildman–Crippen LogP) is 1.07. The molecule has 0 aromatic carbocycles. The molecule has 0 amide bonds. The molecule has 1 heterocycles. The zero-order chi connectivity index (χ0) is 10.1. The third-order valence-electron chi connectivity index (χ3n) is 3.09. The monoisotopic (exact) mass is 194 g/mol. The Morgan fingerprint density at radius 3 is 3.14 bits per heavy atom. The van der Waals surface area contributed by atoms with Crippen LogP contribution >= 0.6 is 0 Å². The van der Waals surface area contributed by atoms with E-state index in [9.17, 15) is 0 Å². The van der Waals surface area contributed by atoms with Crippen LogP contribution in [0.5, 0.6) is 0 Å².